The van der Waals surface area contributed by atoms with Gasteiger partial charge in [0.25, 0.3) is 5.91 Å². The van der Waals surface area contributed by atoms with Gasteiger partial charge in [-0.05, 0) is 25.5 Å². The van der Waals surface area contributed by atoms with E-state index < -0.39 is 0 Å². The highest BCUT2D eigenvalue weighted by molar-refractivity contribution is 7.10. The Hall–Kier alpha value is -1.73. The molecule has 2 heterocycles. The summed E-state index contributed by atoms with van der Waals surface area (Å²) in [6.07, 6.45) is 0. The minimum absolute atomic E-state index is 0.150. The van der Waals surface area contributed by atoms with Crippen molar-refractivity contribution in [1.29, 1.82) is 0 Å². The van der Waals surface area contributed by atoms with Gasteiger partial charge < -0.3 is 10.2 Å². The lowest BCUT2D eigenvalue weighted by atomic mass is 10.2. The Bertz CT molecular complexity index is 576. The average molecular weight is 307 g/mol. The van der Waals surface area contributed by atoms with E-state index in [1.165, 1.54) is 4.88 Å². The third-order valence-electron chi connectivity index (χ3n) is 3.20. The van der Waals surface area contributed by atoms with Crippen LogP contribution in [0.1, 0.15) is 47.1 Å². The van der Waals surface area contributed by atoms with Crippen LogP contribution in [-0.2, 0) is 0 Å². The Morgan fingerprint density at radius 3 is 2.76 bits per heavy atom. The first-order valence-corrected chi connectivity index (χ1v) is 7.77. The molecule has 2 aromatic rings. The van der Waals surface area contributed by atoms with Crippen LogP contribution >= 0.6 is 11.3 Å². The maximum absolute atomic E-state index is 12.1. The molecule has 1 unspecified atom stereocenters. The summed E-state index contributed by atoms with van der Waals surface area (Å²) in [4.78, 5) is 19.6. The van der Waals surface area contributed by atoms with Crippen LogP contribution in [-0.4, -0.2) is 46.6 Å². The maximum Gasteiger partial charge on any atom is 0.291 e. The van der Waals surface area contributed by atoms with Crippen LogP contribution in [0.2, 0.25) is 0 Å². The van der Waals surface area contributed by atoms with Crippen molar-refractivity contribution in [1.82, 2.24) is 25.4 Å². The summed E-state index contributed by atoms with van der Waals surface area (Å²) in [6.45, 7) is 4.53. The molecule has 6 nitrogen and oxygen atoms in total. The Morgan fingerprint density at radius 1 is 1.48 bits per heavy atom. The van der Waals surface area contributed by atoms with Crippen LogP contribution < -0.4 is 5.32 Å². The topological polar surface area (TPSA) is 73.9 Å². The maximum atomic E-state index is 12.1. The monoisotopic (exact) mass is 307 g/mol. The lowest BCUT2D eigenvalue weighted by molar-refractivity contribution is 0.0932. The van der Waals surface area contributed by atoms with E-state index in [0.29, 0.717) is 6.54 Å². The Morgan fingerprint density at radius 2 is 2.24 bits per heavy atom. The zero-order valence-corrected chi connectivity index (χ0v) is 13.6. The van der Waals surface area contributed by atoms with Crippen molar-refractivity contribution in [2.45, 2.75) is 25.8 Å². The van der Waals surface area contributed by atoms with E-state index in [4.69, 9.17) is 0 Å². The molecule has 21 heavy (non-hydrogen) atoms. The van der Waals surface area contributed by atoms with Gasteiger partial charge >= 0.3 is 0 Å². The summed E-state index contributed by atoms with van der Waals surface area (Å²) < 4.78 is 0. The predicted octanol–water partition coefficient (Wildman–Crippen LogP) is 2.02. The van der Waals surface area contributed by atoms with E-state index in [-0.39, 0.29) is 23.7 Å². The molecule has 0 radical (unpaired) electrons. The second kappa shape index (κ2) is 6.82. The molecule has 0 fully saturated rings. The minimum atomic E-state index is -0.249. The number of hydrogen-bond acceptors (Lipinski definition) is 5. The molecule has 0 aliphatic rings. The number of amides is 1. The molecule has 0 aliphatic carbocycles. The summed E-state index contributed by atoms with van der Waals surface area (Å²) in [5.74, 6) is 0.895. The number of nitrogens with one attached hydrogen (secondary N) is 2. The predicted molar refractivity (Wildman–Crippen MR) is 83.6 cm³/mol. The lowest BCUT2D eigenvalue weighted by Crippen LogP contribution is -2.34. The number of nitrogens with zero attached hydrogens (tertiary/aromatic N) is 3. The van der Waals surface area contributed by atoms with E-state index in [0.717, 1.165) is 5.82 Å². The fourth-order valence-corrected chi connectivity index (χ4v) is 2.84. The fourth-order valence-electron chi connectivity index (χ4n) is 1.92. The summed E-state index contributed by atoms with van der Waals surface area (Å²) in [7, 11) is 4.00. The molecule has 0 aromatic carbocycles. The molecule has 0 saturated heterocycles. The highest BCUT2D eigenvalue weighted by Crippen LogP contribution is 2.22. The molecule has 2 rings (SSSR count). The number of carbonyl (C=O) groups excluding carboxylic acids is 1. The number of H-pyrrole nitrogens is 1. The molecule has 1 atom stereocenters. The second-order valence-corrected chi connectivity index (χ2v) is 6.38. The molecular weight excluding hydrogens is 286 g/mol. The molecule has 0 saturated carbocycles. The van der Waals surface area contributed by atoms with Gasteiger partial charge in [-0.15, -0.1) is 16.4 Å². The molecule has 114 valence electrons. The van der Waals surface area contributed by atoms with Crippen LogP contribution in [0.5, 0.6) is 0 Å². The van der Waals surface area contributed by atoms with E-state index in [1.807, 2.05) is 39.4 Å². The molecule has 7 heteroatoms. The number of rotatable bonds is 6. The van der Waals surface area contributed by atoms with Gasteiger partial charge in [0.1, 0.15) is 5.82 Å². The number of hydrogen-bond donors (Lipinski definition) is 2. The van der Waals surface area contributed by atoms with Crippen molar-refractivity contribution in [2.24, 2.45) is 0 Å². The van der Waals surface area contributed by atoms with Gasteiger partial charge in [-0.2, -0.15) is 0 Å². The zero-order valence-electron chi connectivity index (χ0n) is 12.8. The van der Waals surface area contributed by atoms with Gasteiger partial charge in [-0.25, -0.2) is 4.98 Å². The normalized spacial score (nSPS) is 12.9. The van der Waals surface area contributed by atoms with E-state index in [9.17, 15) is 4.79 Å². The largest absolute Gasteiger partial charge is 0.347 e. The number of likely N-dealkylation sites (N-methyl/N-ethyl adjacent to an activating group) is 1. The first-order valence-electron chi connectivity index (χ1n) is 6.89. The highest BCUT2D eigenvalue weighted by Gasteiger charge is 2.19. The van der Waals surface area contributed by atoms with E-state index in [1.54, 1.807) is 11.3 Å². The van der Waals surface area contributed by atoms with Crippen molar-refractivity contribution in [3.63, 3.8) is 0 Å². The van der Waals surface area contributed by atoms with Crippen molar-refractivity contribution in [2.75, 3.05) is 20.6 Å². The van der Waals surface area contributed by atoms with Crippen LogP contribution in [0, 0.1) is 0 Å². The molecular formula is C14H21N5OS. The van der Waals surface area contributed by atoms with Gasteiger partial charge in [-0.3, -0.25) is 9.89 Å². The molecule has 0 spiro atoms. The SMILES string of the molecule is CC(C)c1nc(C(=O)NCC(c2cccs2)N(C)C)n[nH]1. The van der Waals surface area contributed by atoms with E-state index >= 15 is 0 Å². The highest BCUT2D eigenvalue weighted by atomic mass is 32.1. The van der Waals surface area contributed by atoms with Gasteiger partial charge in [0.2, 0.25) is 5.82 Å². The molecule has 2 N–H and O–H groups in total. The molecule has 0 bridgehead atoms. The molecule has 2 aromatic heterocycles. The van der Waals surface area contributed by atoms with Crippen molar-refractivity contribution < 1.29 is 4.79 Å². The van der Waals surface area contributed by atoms with Crippen LogP contribution in [0.15, 0.2) is 17.5 Å². The third kappa shape index (κ3) is 3.89. The van der Waals surface area contributed by atoms with Gasteiger partial charge in [0.15, 0.2) is 0 Å². The molecule has 0 aliphatic heterocycles. The first-order chi connectivity index (χ1) is 9.99. The van der Waals surface area contributed by atoms with Gasteiger partial charge in [-0.1, -0.05) is 19.9 Å². The molecule has 1 amide bonds. The Kier molecular flexibility index (Phi) is 5.08. The van der Waals surface area contributed by atoms with E-state index in [2.05, 4.69) is 31.5 Å². The summed E-state index contributed by atoms with van der Waals surface area (Å²) >= 11 is 1.68. The number of aromatic amines is 1. The van der Waals surface area contributed by atoms with Crippen molar-refractivity contribution in [3.8, 4) is 0 Å². The summed E-state index contributed by atoms with van der Waals surface area (Å²) in [6, 6.07) is 4.24. The smallest absolute Gasteiger partial charge is 0.291 e. The van der Waals surface area contributed by atoms with Crippen LogP contribution in [0.3, 0.4) is 0 Å². The summed E-state index contributed by atoms with van der Waals surface area (Å²) in [5, 5.41) is 11.7. The number of thiophene rings is 1. The minimum Gasteiger partial charge on any atom is -0.347 e. The fraction of sp³-hybridized carbons (Fsp3) is 0.500. The van der Waals surface area contributed by atoms with Crippen molar-refractivity contribution >= 4 is 17.2 Å². The van der Waals surface area contributed by atoms with Crippen LogP contribution in [0.25, 0.3) is 0 Å². The number of aromatic nitrogens is 3. The van der Waals surface area contributed by atoms with Gasteiger partial charge in [0, 0.05) is 17.3 Å². The Labute approximate surface area is 128 Å². The Balaban J connectivity index is 1.98. The van der Waals surface area contributed by atoms with Crippen molar-refractivity contribution in [3.05, 3.63) is 34.0 Å². The standard InChI is InChI=1S/C14H21N5OS/c1-9(2)12-16-13(18-17-12)14(20)15-8-10(19(3)4)11-6-5-7-21-11/h5-7,9-10H,8H2,1-4H3,(H,15,20)(H,16,17,18). The quantitative estimate of drug-likeness (QED) is 0.856. The second-order valence-electron chi connectivity index (χ2n) is 5.40. The first kappa shape index (κ1) is 15.7. The average Bonchev–Trinajstić information content (AvgIpc) is 3.09. The number of carbonyl (C=O) groups is 1. The third-order valence-corrected chi connectivity index (χ3v) is 4.18. The lowest BCUT2D eigenvalue weighted by Gasteiger charge is -2.23. The summed E-state index contributed by atoms with van der Waals surface area (Å²) in [5.41, 5.74) is 0. The zero-order chi connectivity index (χ0) is 15.4. The van der Waals surface area contributed by atoms with Crippen LogP contribution in [0.4, 0.5) is 0 Å². The van der Waals surface area contributed by atoms with Gasteiger partial charge in [0.05, 0.1) is 6.04 Å².